The van der Waals surface area contributed by atoms with E-state index in [1.807, 2.05) is 25.1 Å². The first kappa shape index (κ1) is 15.9. The number of hydrogen-bond acceptors (Lipinski definition) is 2. The van der Waals surface area contributed by atoms with E-state index >= 15 is 0 Å². The fraction of sp³-hybridized carbons (Fsp3) is 0.333. The third-order valence-electron chi connectivity index (χ3n) is 3.60. The van der Waals surface area contributed by atoms with Gasteiger partial charge in [0.2, 0.25) is 0 Å². The Bertz CT molecular complexity index is 593. The van der Waals surface area contributed by atoms with Gasteiger partial charge >= 0.3 is 0 Å². The Morgan fingerprint density at radius 2 is 1.67 bits per heavy atom. The van der Waals surface area contributed by atoms with E-state index in [1.165, 1.54) is 5.56 Å². The fourth-order valence-corrected chi connectivity index (χ4v) is 2.30. The van der Waals surface area contributed by atoms with Gasteiger partial charge in [0.15, 0.2) is 0 Å². The molecule has 2 rings (SSSR count). The maximum absolute atomic E-state index is 6.20. The topological polar surface area (TPSA) is 35.2 Å². The van der Waals surface area contributed by atoms with Crippen molar-refractivity contribution in [3.63, 3.8) is 0 Å². The van der Waals surface area contributed by atoms with Crippen molar-refractivity contribution >= 4 is 11.6 Å². The van der Waals surface area contributed by atoms with E-state index < -0.39 is 0 Å². The number of rotatable bonds is 5. The second-order valence-electron chi connectivity index (χ2n) is 5.65. The van der Waals surface area contributed by atoms with Crippen molar-refractivity contribution < 1.29 is 4.74 Å². The van der Waals surface area contributed by atoms with Crippen LogP contribution >= 0.6 is 11.6 Å². The summed E-state index contributed by atoms with van der Waals surface area (Å²) in [5.41, 5.74) is 9.66. The average molecular weight is 304 g/mol. The summed E-state index contributed by atoms with van der Waals surface area (Å²) in [6.07, 6.45) is 0. The number of ether oxygens (including phenoxy) is 1. The Labute approximate surface area is 131 Å². The molecule has 2 aromatic carbocycles. The predicted molar refractivity (Wildman–Crippen MR) is 89.1 cm³/mol. The van der Waals surface area contributed by atoms with Crippen LogP contribution in [-0.2, 0) is 0 Å². The van der Waals surface area contributed by atoms with Crippen LogP contribution in [0.25, 0.3) is 0 Å². The lowest BCUT2D eigenvalue weighted by atomic mass is 9.99. The molecule has 2 aromatic rings. The molecule has 0 heterocycles. The highest BCUT2D eigenvalue weighted by atomic mass is 35.5. The standard InChI is InChI=1S/C18H22ClNO/c1-12(2)14-5-7-15(8-6-14)17(20)11-21-18-10-16(19)9-4-13(18)3/h4-10,12,17H,11,20H2,1-3H3. The zero-order chi connectivity index (χ0) is 15.4. The molecule has 21 heavy (non-hydrogen) atoms. The van der Waals surface area contributed by atoms with E-state index in [2.05, 4.69) is 38.1 Å². The molecule has 0 saturated heterocycles. The minimum atomic E-state index is -0.149. The Hall–Kier alpha value is -1.51. The number of benzene rings is 2. The summed E-state index contributed by atoms with van der Waals surface area (Å²) in [5.74, 6) is 1.32. The molecule has 0 aromatic heterocycles. The monoisotopic (exact) mass is 303 g/mol. The first-order chi connectivity index (χ1) is 9.97. The van der Waals surface area contributed by atoms with Crippen LogP contribution in [-0.4, -0.2) is 6.61 Å². The quantitative estimate of drug-likeness (QED) is 0.857. The summed E-state index contributed by atoms with van der Waals surface area (Å²) < 4.78 is 5.80. The van der Waals surface area contributed by atoms with Crippen molar-refractivity contribution in [3.8, 4) is 5.75 Å². The lowest BCUT2D eigenvalue weighted by Gasteiger charge is -2.16. The van der Waals surface area contributed by atoms with Crippen molar-refractivity contribution in [1.29, 1.82) is 0 Å². The molecule has 1 atom stereocenters. The van der Waals surface area contributed by atoms with Crippen molar-refractivity contribution in [2.24, 2.45) is 5.73 Å². The van der Waals surface area contributed by atoms with Crippen molar-refractivity contribution in [2.45, 2.75) is 32.7 Å². The molecule has 0 aliphatic heterocycles. The van der Waals surface area contributed by atoms with Crippen molar-refractivity contribution in [2.75, 3.05) is 6.61 Å². The SMILES string of the molecule is Cc1ccc(Cl)cc1OCC(N)c1ccc(C(C)C)cc1. The third kappa shape index (κ3) is 4.23. The molecule has 3 heteroatoms. The second-order valence-corrected chi connectivity index (χ2v) is 6.09. The first-order valence-corrected chi connectivity index (χ1v) is 7.59. The molecule has 2 N–H and O–H groups in total. The molecule has 0 aliphatic carbocycles. The van der Waals surface area contributed by atoms with E-state index in [0.29, 0.717) is 17.5 Å². The summed E-state index contributed by atoms with van der Waals surface area (Å²) in [5, 5.41) is 0.672. The third-order valence-corrected chi connectivity index (χ3v) is 3.83. The normalized spacial score (nSPS) is 12.5. The highest BCUT2D eigenvalue weighted by Crippen LogP contribution is 2.24. The first-order valence-electron chi connectivity index (χ1n) is 7.21. The van der Waals surface area contributed by atoms with Crippen molar-refractivity contribution in [3.05, 3.63) is 64.2 Å². The van der Waals surface area contributed by atoms with E-state index in [-0.39, 0.29) is 6.04 Å². The zero-order valence-corrected chi connectivity index (χ0v) is 13.5. The van der Waals surface area contributed by atoms with Gasteiger partial charge in [0.25, 0.3) is 0 Å². The van der Waals surface area contributed by atoms with E-state index in [9.17, 15) is 0 Å². The predicted octanol–water partition coefficient (Wildman–Crippen LogP) is 4.85. The molecule has 1 unspecified atom stereocenters. The summed E-state index contributed by atoms with van der Waals surface area (Å²) in [7, 11) is 0. The Morgan fingerprint density at radius 1 is 1.05 bits per heavy atom. The largest absolute Gasteiger partial charge is 0.491 e. The van der Waals surface area contributed by atoms with Gasteiger partial charge in [-0.05, 0) is 41.7 Å². The fourth-order valence-electron chi connectivity index (χ4n) is 2.13. The van der Waals surface area contributed by atoms with Crippen LogP contribution in [0.1, 0.15) is 42.5 Å². The van der Waals surface area contributed by atoms with Crippen LogP contribution in [0.15, 0.2) is 42.5 Å². The highest BCUT2D eigenvalue weighted by Gasteiger charge is 2.09. The molecule has 0 amide bonds. The molecular weight excluding hydrogens is 282 g/mol. The van der Waals surface area contributed by atoms with Crippen LogP contribution in [0, 0.1) is 6.92 Å². The van der Waals surface area contributed by atoms with Crippen LogP contribution in [0.2, 0.25) is 5.02 Å². The lowest BCUT2D eigenvalue weighted by Crippen LogP contribution is -2.19. The maximum Gasteiger partial charge on any atom is 0.123 e. The van der Waals surface area contributed by atoms with E-state index in [4.69, 9.17) is 22.1 Å². The summed E-state index contributed by atoms with van der Waals surface area (Å²) in [6.45, 7) is 6.79. The van der Waals surface area contributed by atoms with E-state index in [1.54, 1.807) is 0 Å². The number of hydrogen-bond donors (Lipinski definition) is 1. The van der Waals surface area contributed by atoms with Gasteiger partial charge < -0.3 is 10.5 Å². The van der Waals surface area contributed by atoms with Gasteiger partial charge in [-0.3, -0.25) is 0 Å². The minimum absolute atomic E-state index is 0.149. The Kier molecular flexibility index (Phi) is 5.27. The van der Waals surface area contributed by atoms with Gasteiger partial charge in [0.05, 0.1) is 6.04 Å². The van der Waals surface area contributed by atoms with Gasteiger partial charge in [0, 0.05) is 5.02 Å². The number of halogens is 1. The van der Waals surface area contributed by atoms with Gasteiger partial charge in [-0.2, -0.15) is 0 Å². The average Bonchev–Trinajstić information content (AvgIpc) is 2.48. The van der Waals surface area contributed by atoms with Gasteiger partial charge in [0.1, 0.15) is 12.4 Å². The van der Waals surface area contributed by atoms with Crippen molar-refractivity contribution in [1.82, 2.24) is 0 Å². The molecule has 0 bridgehead atoms. The summed E-state index contributed by atoms with van der Waals surface area (Å²) >= 11 is 5.98. The minimum Gasteiger partial charge on any atom is -0.491 e. The molecule has 0 aliphatic rings. The molecule has 0 saturated carbocycles. The molecular formula is C18H22ClNO. The van der Waals surface area contributed by atoms with Gasteiger partial charge in [-0.15, -0.1) is 0 Å². The number of nitrogens with two attached hydrogens (primary N) is 1. The second kappa shape index (κ2) is 6.97. The smallest absolute Gasteiger partial charge is 0.123 e. The van der Waals surface area contributed by atoms with Crippen LogP contribution < -0.4 is 10.5 Å². The van der Waals surface area contributed by atoms with Crippen LogP contribution in [0.4, 0.5) is 0 Å². The van der Waals surface area contributed by atoms with Gasteiger partial charge in [-0.25, -0.2) is 0 Å². The lowest BCUT2D eigenvalue weighted by molar-refractivity contribution is 0.289. The summed E-state index contributed by atoms with van der Waals surface area (Å²) in [6, 6.07) is 13.9. The van der Waals surface area contributed by atoms with E-state index in [0.717, 1.165) is 16.9 Å². The van der Waals surface area contributed by atoms with Crippen LogP contribution in [0.5, 0.6) is 5.75 Å². The van der Waals surface area contributed by atoms with Gasteiger partial charge in [-0.1, -0.05) is 55.8 Å². The Morgan fingerprint density at radius 3 is 2.29 bits per heavy atom. The van der Waals surface area contributed by atoms with Crippen LogP contribution in [0.3, 0.4) is 0 Å². The molecule has 0 fully saturated rings. The maximum atomic E-state index is 6.20. The Balaban J connectivity index is 2.01. The number of aryl methyl sites for hydroxylation is 1. The molecule has 0 spiro atoms. The molecule has 112 valence electrons. The zero-order valence-electron chi connectivity index (χ0n) is 12.8. The highest BCUT2D eigenvalue weighted by molar-refractivity contribution is 6.30. The summed E-state index contributed by atoms with van der Waals surface area (Å²) in [4.78, 5) is 0. The molecule has 0 radical (unpaired) electrons. The molecule has 2 nitrogen and oxygen atoms in total.